The van der Waals surface area contributed by atoms with E-state index >= 15 is 0 Å². The average Bonchev–Trinajstić information content (AvgIpc) is 2.95. The maximum atomic E-state index is 14.0. The monoisotopic (exact) mass is 527 g/mol. The smallest absolute Gasteiger partial charge is 0.264 e. The van der Waals surface area contributed by atoms with Gasteiger partial charge in [0.05, 0.1) is 30.4 Å². The van der Waals surface area contributed by atoms with Crippen LogP contribution in [0.3, 0.4) is 0 Å². The van der Waals surface area contributed by atoms with Crippen molar-refractivity contribution in [3.63, 3.8) is 0 Å². The number of aromatic nitrogens is 5. The Morgan fingerprint density at radius 1 is 1.08 bits per heavy atom. The normalized spacial score (nSPS) is 11.0. The number of nitrogens with one attached hydrogen (secondary N) is 2. The van der Waals surface area contributed by atoms with Gasteiger partial charge in [0.2, 0.25) is 5.95 Å². The van der Waals surface area contributed by atoms with Gasteiger partial charge < -0.3 is 4.74 Å². The molecule has 202 valence electrons. The molecule has 0 unspecified atom stereocenters. The first-order chi connectivity index (χ1) is 18.9. The van der Waals surface area contributed by atoms with Crippen molar-refractivity contribution in [3.8, 4) is 23.0 Å². The average molecular weight is 528 g/mol. The Morgan fingerprint density at radius 3 is 2.44 bits per heavy atom. The van der Waals surface area contributed by atoms with Crippen LogP contribution in [-0.2, 0) is 12.8 Å². The van der Waals surface area contributed by atoms with Crippen LogP contribution in [0.25, 0.3) is 17.2 Å². The molecule has 0 aliphatic carbocycles. The summed E-state index contributed by atoms with van der Waals surface area (Å²) in [7, 11) is 0. The zero-order valence-electron chi connectivity index (χ0n) is 22.6. The van der Waals surface area contributed by atoms with Gasteiger partial charge in [0, 0.05) is 35.2 Å². The molecular weight excluding hydrogens is 494 g/mol. The summed E-state index contributed by atoms with van der Waals surface area (Å²) in [6.45, 7) is 8.43. The minimum absolute atomic E-state index is 0.0225. The third-order valence-corrected chi connectivity index (χ3v) is 6.21. The lowest BCUT2D eigenvalue weighted by molar-refractivity contribution is 0.234. The van der Waals surface area contributed by atoms with Gasteiger partial charge in [-0.05, 0) is 25.0 Å². The summed E-state index contributed by atoms with van der Waals surface area (Å²) in [5, 5.41) is 17.2. The molecule has 0 bridgehead atoms. The molecule has 0 fully saturated rings. The second kappa shape index (κ2) is 12.4. The molecule has 0 saturated carbocycles. The second-order valence-electron chi connectivity index (χ2n) is 9.35. The molecule has 39 heavy (non-hydrogen) atoms. The quantitative estimate of drug-likeness (QED) is 0.156. The molecule has 0 aliphatic rings. The number of nitrogens with zero attached hydrogens (tertiary/aromatic N) is 5. The van der Waals surface area contributed by atoms with Crippen LogP contribution in [0.5, 0.6) is 5.75 Å². The van der Waals surface area contributed by atoms with Crippen molar-refractivity contribution in [2.75, 3.05) is 6.61 Å². The van der Waals surface area contributed by atoms with E-state index in [2.05, 4.69) is 21.9 Å². The topological polar surface area (TPSA) is 139 Å². The maximum Gasteiger partial charge on any atom is 0.264 e. The van der Waals surface area contributed by atoms with Crippen molar-refractivity contribution in [3.05, 3.63) is 93.6 Å². The minimum Gasteiger partial charge on any atom is -0.491 e. The molecule has 1 aromatic carbocycles. The van der Waals surface area contributed by atoms with Gasteiger partial charge in [-0.25, -0.2) is 19.5 Å². The zero-order chi connectivity index (χ0) is 27.9. The van der Waals surface area contributed by atoms with E-state index in [9.17, 15) is 10.0 Å². The van der Waals surface area contributed by atoms with Crippen molar-refractivity contribution >= 4 is 5.84 Å². The summed E-state index contributed by atoms with van der Waals surface area (Å²) in [4.78, 5) is 32.3. The number of amidine groups is 1. The number of rotatable bonds is 10. The molecule has 0 amide bonds. The molecule has 3 N–H and O–H groups in total. The number of pyridine rings is 1. The standard InChI is InChI=1S/C29H33N7O3/c1-5-9-25-23(14-19-12-13-24(31-15-19)21-10-7-8-11-22(21)26(30)35-38)28(37)36(27(34-25)18(3)4)29-32-16-20(17-33-29)39-6-2/h7-8,10-13,15-18,38H,5-6,9,14H2,1-4H3,(H2,30,35). The lowest BCUT2D eigenvalue weighted by Gasteiger charge is -2.18. The van der Waals surface area contributed by atoms with E-state index in [1.807, 2.05) is 50.5 Å². The van der Waals surface area contributed by atoms with Crippen LogP contribution in [0.2, 0.25) is 0 Å². The Balaban J connectivity index is 1.76. The molecule has 0 aliphatic heterocycles. The number of hydrogen-bond acceptors (Lipinski definition) is 8. The molecule has 0 spiro atoms. The Morgan fingerprint density at radius 2 is 1.82 bits per heavy atom. The van der Waals surface area contributed by atoms with Crippen molar-refractivity contribution in [1.29, 1.82) is 5.41 Å². The molecule has 0 atom stereocenters. The van der Waals surface area contributed by atoms with E-state index < -0.39 is 0 Å². The predicted octanol–water partition coefficient (Wildman–Crippen LogP) is 4.45. The number of hydroxylamine groups is 1. The number of ether oxygens (including phenoxy) is 1. The first-order valence-corrected chi connectivity index (χ1v) is 13.0. The second-order valence-corrected chi connectivity index (χ2v) is 9.35. The van der Waals surface area contributed by atoms with Crippen molar-refractivity contribution in [2.45, 2.75) is 52.9 Å². The highest BCUT2D eigenvalue weighted by atomic mass is 16.5. The van der Waals surface area contributed by atoms with Gasteiger partial charge in [0.25, 0.3) is 5.56 Å². The van der Waals surface area contributed by atoms with Gasteiger partial charge in [0.1, 0.15) is 11.7 Å². The van der Waals surface area contributed by atoms with E-state index in [1.165, 1.54) is 4.57 Å². The highest BCUT2D eigenvalue weighted by molar-refractivity contribution is 6.01. The van der Waals surface area contributed by atoms with Gasteiger partial charge in [0.15, 0.2) is 5.75 Å². The Labute approximate surface area is 227 Å². The first-order valence-electron chi connectivity index (χ1n) is 13.0. The fourth-order valence-electron chi connectivity index (χ4n) is 4.36. The lowest BCUT2D eigenvalue weighted by atomic mass is 10.00. The van der Waals surface area contributed by atoms with E-state index in [-0.39, 0.29) is 23.3 Å². The van der Waals surface area contributed by atoms with Crippen molar-refractivity contribution < 1.29 is 9.94 Å². The maximum absolute atomic E-state index is 14.0. The molecule has 3 aromatic heterocycles. The Hall–Kier alpha value is -4.44. The Kier molecular flexibility index (Phi) is 8.77. The first kappa shape index (κ1) is 27.6. The predicted molar refractivity (Wildman–Crippen MR) is 149 cm³/mol. The molecule has 4 aromatic rings. The summed E-state index contributed by atoms with van der Waals surface area (Å²) in [6.07, 6.45) is 6.72. The molecule has 10 heteroatoms. The molecular formula is C29H33N7O3. The summed E-state index contributed by atoms with van der Waals surface area (Å²) < 4.78 is 6.96. The van der Waals surface area contributed by atoms with E-state index in [0.717, 1.165) is 17.7 Å². The van der Waals surface area contributed by atoms with E-state index in [1.54, 1.807) is 30.7 Å². The third kappa shape index (κ3) is 6.01. The highest BCUT2D eigenvalue weighted by Gasteiger charge is 2.21. The van der Waals surface area contributed by atoms with Gasteiger partial charge in [-0.15, -0.1) is 0 Å². The lowest BCUT2D eigenvalue weighted by Crippen LogP contribution is -2.31. The van der Waals surface area contributed by atoms with Crippen LogP contribution >= 0.6 is 0 Å². The summed E-state index contributed by atoms with van der Waals surface area (Å²) >= 11 is 0. The summed E-state index contributed by atoms with van der Waals surface area (Å²) in [5.74, 6) is 1.27. The SMILES string of the molecule is CCCc1nc(C(C)C)n(-c2ncc(OCC)cn2)c(=O)c1Cc1ccc(-c2ccccc2C(=N)NO)nc1. The van der Waals surface area contributed by atoms with Crippen LogP contribution in [0.15, 0.2) is 59.8 Å². The fraction of sp³-hybridized carbons (Fsp3) is 0.310. The van der Waals surface area contributed by atoms with Crippen molar-refractivity contribution in [1.82, 2.24) is 30.0 Å². The van der Waals surface area contributed by atoms with Crippen LogP contribution in [0, 0.1) is 5.41 Å². The van der Waals surface area contributed by atoms with Crippen molar-refractivity contribution in [2.24, 2.45) is 0 Å². The molecule has 4 rings (SSSR count). The molecule has 0 saturated heterocycles. The van der Waals surface area contributed by atoms with Crippen LogP contribution in [0.4, 0.5) is 0 Å². The van der Waals surface area contributed by atoms with Crippen LogP contribution < -0.4 is 15.8 Å². The van der Waals surface area contributed by atoms with Gasteiger partial charge in [-0.1, -0.05) is 57.5 Å². The zero-order valence-corrected chi connectivity index (χ0v) is 22.6. The molecule has 0 radical (unpaired) electrons. The van der Waals surface area contributed by atoms with Crippen LogP contribution in [-0.4, -0.2) is 42.2 Å². The van der Waals surface area contributed by atoms with Gasteiger partial charge in [-0.3, -0.25) is 25.9 Å². The highest BCUT2D eigenvalue weighted by Crippen LogP contribution is 2.23. The Bertz CT molecular complexity index is 1500. The number of benzene rings is 1. The molecule has 3 heterocycles. The fourth-order valence-corrected chi connectivity index (χ4v) is 4.36. The number of aryl methyl sites for hydroxylation is 1. The van der Waals surface area contributed by atoms with Gasteiger partial charge in [-0.2, -0.15) is 0 Å². The number of hydrogen-bond donors (Lipinski definition) is 3. The third-order valence-electron chi connectivity index (χ3n) is 6.21. The molecule has 10 nitrogen and oxygen atoms in total. The van der Waals surface area contributed by atoms with Gasteiger partial charge >= 0.3 is 0 Å². The van der Waals surface area contributed by atoms with E-state index in [0.29, 0.717) is 53.4 Å². The summed E-state index contributed by atoms with van der Waals surface area (Å²) in [6, 6.07) is 11.0. The summed E-state index contributed by atoms with van der Waals surface area (Å²) in [5.41, 5.74) is 5.78. The van der Waals surface area contributed by atoms with Crippen LogP contribution in [0.1, 0.15) is 68.2 Å². The minimum atomic E-state index is -0.196. The largest absolute Gasteiger partial charge is 0.491 e. The van der Waals surface area contributed by atoms with E-state index in [4.69, 9.17) is 15.1 Å².